The normalized spacial score (nSPS) is 14.2. The van der Waals surface area contributed by atoms with Crippen LogP contribution in [0.15, 0.2) is 58.5 Å². The van der Waals surface area contributed by atoms with E-state index in [4.69, 9.17) is 16.3 Å². The number of hydrogen-bond acceptors (Lipinski definition) is 7. The topological polar surface area (TPSA) is 82.8 Å². The number of aryl methyl sites for hydroxylation is 1. The number of ether oxygens (including phenoxy) is 1. The third-order valence-electron chi connectivity index (χ3n) is 4.88. The quantitative estimate of drug-likeness (QED) is 0.279. The molecule has 0 N–H and O–H groups in total. The van der Waals surface area contributed by atoms with Crippen molar-refractivity contribution >= 4 is 56.4 Å². The fourth-order valence-corrected chi connectivity index (χ4v) is 5.00. The molecule has 0 radical (unpaired) electrons. The van der Waals surface area contributed by atoms with Crippen LogP contribution in [0.1, 0.15) is 19.5 Å². The Morgan fingerprint density at radius 3 is 2.55 bits per heavy atom. The molecule has 0 bridgehead atoms. The lowest BCUT2D eigenvalue weighted by Gasteiger charge is -2.13. The van der Waals surface area contributed by atoms with Gasteiger partial charge in [-0.15, -0.1) is 0 Å². The predicted octanol–water partition coefficient (Wildman–Crippen LogP) is 4.74. The number of pyridine rings is 1. The SMILES string of the molecule is CCOS(=O)(=O)[O-].CCOc1ccc2c(c1)S/C(=C\c1ccc3c(Cl)cccc3[n+]1C)N2C. The highest BCUT2D eigenvalue weighted by Crippen LogP contribution is 2.47. The number of nitrogens with zero attached hydrogens (tertiary/aromatic N) is 2. The summed E-state index contributed by atoms with van der Waals surface area (Å²) in [6.07, 6.45) is 2.21. The first-order valence-electron chi connectivity index (χ1n) is 10.2. The molecule has 0 amide bonds. The first kappa shape index (κ1) is 25.3. The molecule has 7 nitrogen and oxygen atoms in total. The summed E-state index contributed by atoms with van der Waals surface area (Å²) in [7, 11) is -0.250. The van der Waals surface area contributed by atoms with Crippen LogP contribution in [0.5, 0.6) is 5.75 Å². The summed E-state index contributed by atoms with van der Waals surface area (Å²) < 4.78 is 39.8. The van der Waals surface area contributed by atoms with Crippen molar-refractivity contribution in [3.05, 3.63) is 64.3 Å². The number of anilines is 1. The lowest BCUT2D eigenvalue weighted by molar-refractivity contribution is -0.646. The lowest BCUT2D eigenvalue weighted by Crippen LogP contribution is -2.33. The monoisotopic (exact) mass is 508 g/mol. The van der Waals surface area contributed by atoms with Gasteiger partial charge >= 0.3 is 0 Å². The molecule has 1 aliphatic rings. The highest BCUT2D eigenvalue weighted by atomic mass is 35.5. The van der Waals surface area contributed by atoms with E-state index in [0.717, 1.165) is 27.4 Å². The van der Waals surface area contributed by atoms with Gasteiger partial charge in [0.05, 0.1) is 34.3 Å². The van der Waals surface area contributed by atoms with Crippen molar-refractivity contribution in [3.63, 3.8) is 0 Å². The smallest absolute Gasteiger partial charge is 0.217 e. The molecule has 0 saturated carbocycles. The van der Waals surface area contributed by atoms with Crippen molar-refractivity contribution in [3.8, 4) is 5.75 Å². The van der Waals surface area contributed by atoms with Crippen LogP contribution in [-0.4, -0.2) is 33.2 Å². The Bertz CT molecular complexity index is 1300. The minimum absolute atomic E-state index is 0.0914. The van der Waals surface area contributed by atoms with Crippen molar-refractivity contribution in [2.24, 2.45) is 7.05 Å². The maximum absolute atomic E-state index is 9.45. The zero-order valence-electron chi connectivity index (χ0n) is 18.7. The van der Waals surface area contributed by atoms with Crippen molar-refractivity contribution in [1.82, 2.24) is 0 Å². The molecule has 0 spiro atoms. The fraction of sp³-hybridized carbons (Fsp3) is 0.261. The number of hydrogen-bond donors (Lipinski definition) is 0. The molecule has 3 aromatic rings. The Kier molecular flexibility index (Phi) is 8.25. The molecular formula is C23H25ClN2O5S2. The number of benzene rings is 2. The van der Waals surface area contributed by atoms with Gasteiger partial charge < -0.3 is 14.2 Å². The maximum atomic E-state index is 9.45. The van der Waals surface area contributed by atoms with Crippen molar-refractivity contribution in [1.29, 1.82) is 0 Å². The molecule has 2 aromatic carbocycles. The Balaban J connectivity index is 0.000000383. The van der Waals surface area contributed by atoms with E-state index < -0.39 is 10.4 Å². The molecule has 4 rings (SSSR count). The van der Waals surface area contributed by atoms with E-state index in [0.29, 0.717) is 6.61 Å². The average molecular weight is 509 g/mol. The maximum Gasteiger partial charge on any atom is 0.217 e. The second kappa shape index (κ2) is 10.8. The van der Waals surface area contributed by atoms with Crippen molar-refractivity contribution in [2.75, 3.05) is 25.2 Å². The lowest BCUT2D eigenvalue weighted by atomic mass is 10.2. The highest BCUT2D eigenvalue weighted by Gasteiger charge is 2.24. The third-order valence-corrected chi connectivity index (χ3v) is 6.88. The van der Waals surface area contributed by atoms with Crippen LogP contribution in [0.3, 0.4) is 0 Å². The van der Waals surface area contributed by atoms with Crippen LogP contribution in [0.2, 0.25) is 5.02 Å². The second-order valence-corrected chi connectivity index (χ2v) is 9.53. The molecule has 1 aromatic heterocycles. The zero-order valence-corrected chi connectivity index (χ0v) is 21.1. The molecule has 0 saturated heterocycles. The van der Waals surface area contributed by atoms with Gasteiger partial charge in [0.25, 0.3) is 0 Å². The minimum Gasteiger partial charge on any atom is -0.726 e. The number of halogens is 1. The van der Waals surface area contributed by atoms with Crippen LogP contribution in [0.4, 0.5) is 5.69 Å². The van der Waals surface area contributed by atoms with Crippen molar-refractivity contribution < 1.29 is 26.5 Å². The summed E-state index contributed by atoms with van der Waals surface area (Å²) in [6, 6.07) is 16.5. The van der Waals surface area contributed by atoms with Gasteiger partial charge in [-0.1, -0.05) is 29.4 Å². The molecule has 176 valence electrons. The molecular weight excluding hydrogens is 484 g/mol. The van der Waals surface area contributed by atoms with Crippen LogP contribution < -0.4 is 14.2 Å². The molecule has 33 heavy (non-hydrogen) atoms. The van der Waals surface area contributed by atoms with E-state index in [1.54, 1.807) is 11.8 Å². The third kappa shape index (κ3) is 6.18. The molecule has 0 fully saturated rings. The minimum atomic E-state index is -4.42. The van der Waals surface area contributed by atoms with Gasteiger partial charge in [-0.05, 0) is 44.2 Å². The molecule has 10 heteroatoms. The summed E-state index contributed by atoms with van der Waals surface area (Å²) in [5.74, 6) is 0.916. The van der Waals surface area contributed by atoms with Gasteiger partial charge in [0.2, 0.25) is 21.6 Å². The Morgan fingerprint density at radius 2 is 1.91 bits per heavy atom. The van der Waals surface area contributed by atoms with Gasteiger partial charge in [-0.2, -0.15) is 4.57 Å². The molecule has 0 atom stereocenters. The van der Waals surface area contributed by atoms with Gasteiger partial charge in [0.15, 0.2) is 0 Å². The van der Waals surface area contributed by atoms with Crippen LogP contribution in [0, 0.1) is 0 Å². The summed E-state index contributed by atoms with van der Waals surface area (Å²) in [4.78, 5) is 3.44. The molecule has 1 aliphatic heterocycles. The summed E-state index contributed by atoms with van der Waals surface area (Å²) in [5.41, 5.74) is 3.46. The van der Waals surface area contributed by atoms with Gasteiger partial charge in [0.1, 0.15) is 12.8 Å². The van der Waals surface area contributed by atoms with E-state index in [-0.39, 0.29) is 6.61 Å². The largest absolute Gasteiger partial charge is 0.726 e. The summed E-state index contributed by atoms with van der Waals surface area (Å²) in [6.45, 7) is 4.02. The first-order chi connectivity index (χ1) is 15.6. The zero-order chi connectivity index (χ0) is 24.2. The van der Waals surface area contributed by atoms with Gasteiger partial charge in [-0.25, -0.2) is 8.42 Å². The second-order valence-electron chi connectivity index (χ2n) is 7.01. The Morgan fingerprint density at radius 1 is 1.15 bits per heavy atom. The summed E-state index contributed by atoms with van der Waals surface area (Å²) >= 11 is 8.09. The van der Waals surface area contributed by atoms with Gasteiger partial charge in [-0.3, -0.25) is 4.18 Å². The Labute approximate surface area is 203 Å². The van der Waals surface area contributed by atoms with E-state index >= 15 is 0 Å². The number of aromatic nitrogens is 1. The van der Waals surface area contributed by atoms with Crippen LogP contribution in [-0.2, 0) is 21.6 Å². The van der Waals surface area contributed by atoms with E-state index in [9.17, 15) is 13.0 Å². The number of fused-ring (bicyclic) bond motifs is 2. The predicted molar refractivity (Wildman–Crippen MR) is 131 cm³/mol. The van der Waals surface area contributed by atoms with Crippen LogP contribution in [0.25, 0.3) is 17.0 Å². The van der Waals surface area contributed by atoms with E-state index in [1.165, 1.54) is 22.5 Å². The van der Waals surface area contributed by atoms with Gasteiger partial charge in [0, 0.05) is 30.2 Å². The van der Waals surface area contributed by atoms with E-state index in [2.05, 4.69) is 64.2 Å². The molecule has 0 aliphatic carbocycles. The standard InChI is InChI=1S/C21H20ClN2OS.C2H6O4S/c1-4-25-15-9-11-19-20(13-15)26-21(24(19)3)12-14-8-10-16-17(22)6-5-7-18(16)23(14)2;1-2-6-7(3,4)5/h5-13H,4H2,1-3H3;2H2,1H3,(H,3,4,5)/q+1;/p-1. The highest BCUT2D eigenvalue weighted by molar-refractivity contribution is 8.03. The fourth-order valence-electron chi connectivity index (χ4n) is 3.35. The number of thioether (sulfide) groups is 1. The Hall–Kier alpha value is -2.30. The van der Waals surface area contributed by atoms with E-state index in [1.807, 2.05) is 25.1 Å². The summed E-state index contributed by atoms with van der Waals surface area (Å²) in [5, 5.41) is 3.03. The van der Waals surface area contributed by atoms with Crippen LogP contribution >= 0.6 is 23.4 Å². The average Bonchev–Trinajstić information content (AvgIpc) is 3.05. The molecule has 2 heterocycles. The first-order valence-corrected chi connectivity index (χ1v) is 12.7. The van der Waals surface area contributed by atoms with Crippen molar-refractivity contribution in [2.45, 2.75) is 18.7 Å². The number of rotatable bonds is 5. The molecule has 0 unspecified atom stereocenters.